The number of aryl methyl sites for hydroxylation is 2. The summed E-state index contributed by atoms with van der Waals surface area (Å²) in [6, 6.07) is 11.5. The molecule has 0 radical (unpaired) electrons. The zero-order valence-electron chi connectivity index (χ0n) is 13.9. The van der Waals surface area contributed by atoms with Crippen molar-refractivity contribution in [2.75, 3.05) is 11.1 Å². The van der Waals surface area contributed by atoms with Crippen molar-refractivity contribution < 1.29 is 4.79 Å². The Morgan fingerprint density at radius 1 is 1.00 bits per heavy atom. The predicted octanol–water partition coefficient (Wildman–Crippen LogP) is 4.44. The maximum absolute atomic E-state index is 12.4. The number of rotatable bonds is 2. The molecule has 0 unspecified atom stereocenters. The number of nitrogens with one attached hydrogen (secondary N) is 1. The lowest BCUT2D eigenvalue weighted by atomic mass is 9.86. The van der Waals surface area contributed by atoms with Crippen LogP contribution in [0.4, 0.5) is 11.4 Å². The van der Waals surface area contributed by atoms with Crippen molar-refractivity contribution in [1.29, 1.82) is 0 Å². The third-order valence-corrected chi connectivity index (χ3v) is 3.81. The van der Waals surface area contributed by atoms with Crippen molar-refractivity contribution >= 4 is 17.3 Å². The minimum Gasteiger partial charge on any atom is -0.399 e. The number of amides is 1. The van der Waals surface area contributed by atoms with Gasteiger partial charge in [-0.3, -0.25) is 4.79 Å². The molecule has 3 heteroatoms. The van der Waals surface area contributed by atoms with E-state index in [4.69, 9.17) is 5.73 Å². The molecule has 2 rings (SSSR count). The lowest BCUT2D eigenvalue weighted by molar-refractivity contribution is 0.102. The van der Waals surface area contributed by atoms with Crippen LogP contribution in [0.2, 0.25) is 0 Å². The fourth-order valence-electron chi connectivity index (χ4n) is 2.50. The summed E-state index contributed by atoms with van der Waals surface area (Å²) in [4.78, 5) is 12.4. The van der Waals surface area contributed by atoms with Gasteiger partial charge < -0.3 is 11.1 Å². The summed E-state index contributed by atoms with van der Waals surface area (Å²) in [6.07, 6.45) is 0. The molecule has 3 nitrogen and oxygen atoms in total. The van der Waals surface area contributed by atoms with Crippen molar-refractivity contribution in [2.45, 2.75) is 40.0 Å². The monoisotopic (exact) mass is 296 g/mol. The summed E-state index contributed by atoms with van der Waals surface area (Å²) in [5, 5.41) is 2.99. The summed E-state index contributed by atoms with van der Waals surface area (Å²) < 4.78 is 0. The lowest BCUT2D eigenvalue weighted by Gasteiger charge is -2.19. The van der Waals surface area contributed by atoms with Crippen LogP contribution >= 0.6 is 0 Å². The van der Waals surface area contributed by atoms with Crippen molar-refractivity contribution in [2.24, 2.45) is 0 Å². The molecule has 2 aromatic carbocycles. The van der Waals surface area contributed by atoms with E-state index in [-0.39, 0.29) is 11.3 Å². The molecule has 0 atom stereocenters. The molecule has 0 spiro atoms. The molecular weight excluding hydrogens is 272 g/mol. The number of hydrogen-bond donors (Lipinski definition) is 2. The van der Waals surface area contributed by atoms with Crippen LogP contribution in [-0.2, 0) is 5.41 Å². The van der Waals surface area contributed by atoms with E-state index in [0.29, 0.717) is 11.3 Å². The number of carbonyl (C=O) groups is 1. The quantitative estimate of drug-likeness (QED) is 0.805. The number of nitrogens with two attached hydrogens (primary N) is 1. The first kappa shape index (κ1) is 16.1. The molecule has 0 heterocycles. The smallest absolute Gasteiger partial charge is 0.255 e. The van der Waals surface area contributed by atoms with E-state index in [0.717, 1.165) is 16.8 Å². The van der Waals surface area contributed by atoms with E-state index in [2.05, 4.69) is 26.1 Å². The zero-order chi connectivity index (χ0) is 16.5. The molecule has 0 aliphatic rings. The Morgan fingerprint density at radius 2 is 1.50 bits per heavy atom. The lowest BCUT2D eigenvalue weighted by Crippen LogP contribution is -2.15. The molecule has 0 fully saturated rings. The first-order valence-electron chi connectivity index (χ1n) is 7.47. The molecule has 0 aromatic heterocycles. The first-order chi connectivity index (χ1) is 10.2. The van der Waals surface area contributed by atoms with Crippen LogP contribution in [-0.4, -0.2) is 5.91 Å². The SMILES string of the molecule is Cc1cc(N)cc(C)c1NC(=O)c1ccc(C(C)(C)C)cc1. The standard InChI is InChI=1S/C19H24N2O/c1-12-10-16(20)11-13(2)17(12)21-18(22)14-6-8-15(9-7-14)19(3,4)5/h6-11H,20H2,1-5H3,(H,21,22). The minimum absolute atomic E-state index is 0.0825. The molecule has 2 aromatic rings. The van der Waals surface area contributed by atoms with E-state index in [1.165, 1.54) is 5.56 Å². The van der Waals surface area contributed by atoms with Gasteiger partial charge in [0.15, 0.2) is 0 Å². The number of carbonyl (C=O) groups excluding carboxylic acids is 1. The largest absolute Gasteiger partial charge is 0.399 e. The minimum atomic E-state index is -0.101. The van der Waals surface area contributed by atoms with Gasteiger partial charge in [-0.1, -0.05) is 32.9 Å². The van der Waals surface area contributed by atoms with Crippen LogP contribution in [0.3, 0.4) is 0 Å². The number of nitrogen functional groups attached to an aromatic ring is 1. The highest BCUT2D eigenvalue weighted by Gasteiger charge is 2.15. The van der Waals surface area contributed by atoms with Gasteiger partial charge in [-0.25, -0.2) is 0 Å². The second-order valence-electron chi connectivity index (χ2n) is 6.81. The molecule has 0 aliphatic carbocycles. The van der Waals surface area contributed by atoms with E-state index < -0.39 is 0 Å². The molecule has 22 heavy (non-hydrogen) atoms. The summed E-state index contributed by atoms with van der Waals surface area (Å²) in [7, 11) is 0. The van der Waals surface area contributed by atoms with Crippen molar-refractivity contribution in [1.82, 2.24) is 0 Å². The van der Waals surface area contributed by atoms with Gasteiger partial charge in [-0.2, -0.15) is 0 Å². The Labute approximate surface area is 132 Å². The fraction of sp³-hybridized carbons (Fsp3) is 0.316. The van der Waals surface area contributed by atoms with Crippen molar-refractivity contribution in [3.05, 3.63) is 58.7 Å². The Morgan fingerprint density at radius 3 is 1.95 bits per heavy atom. The third kappa shape index (κ3) is 3.48. The topological polar surface area (TPSA) is 55.1 Å². The van der Waals surface area contributed by atoms with Gasteiger partial charge in [0.25, 0.3) is 5.91 Å². The van der Waals surface area contributed by atoms with E-state index >= 15 is 0 Å². The van der Waals surface area contributed by atoms with Crippen molar-refractivity contribution in [3.8, 4) is 0 Å². The average molecular weight is 296 g/mol. The van der Waals surface area contributed by atoms with Gasteiger partial charge in [0.2, 0.25) is 0 Å². The van der Waals surface area contributed by atoms with Crippen molar-refractivity contribution in [3.63, 3.8) is 0 Å². The highest BCUT2D eigenvalue weighted by Crippen LogP contribution is 2.25. The molecule has 116 valence electrons. The summed E-state index contributed by atoms with van der Waals surface area (Å²) in [6.45, 7) is 10.4. The van der Waals surface area contributed by atoms with Crippen LogP contribution < -0.4 is 11.1 Å². The first-order valence-corrected chi connectivity index (χ1v) is 7.47. The summed E-state index contributed by atoms with van der Waals surface area (Å²) in [5.74, 6) is -0.101. The normalized spacial score (nSPS) is 11.3. The maximum atomic E-state index is 12.4. The Balaban J connectivity index is 2.23. The molecule has 0 bridgehead atoms. The Bertz CT molecular complexity index is 671. The number of hydrogen-bond acceptors (Lipinski definition) is 2. The number of anilines is 2. The summed E-state index contributed by atoms with van der Waals surface area (Å²) >= 11 is 0. The highest BCUT2D eigenvalue weighted by molar-refractivity contribution is 6.05. The van der Waals surface area contributed by atoms with E-state index in [1.807, 2.05) is 50.2 Å². The predicted molar refractivity (Wildman–Crippen MR) is 93.4 cm³/mol. The third-order valence-electron chi connectivity index (χ3n) is 3.81. The second-order valence-corrected chi connectivity index (χ2v) is 6.81. The molecule has 0 saturated heterocycles. The van der Waals surface area contributed by atoms with Gasteiger partial charge in [0, 0.05) is 16.9 Å². The van der Waals surface area contributed by atoms with Crippen LogP contribution in [0, 0.1) is 13.8 Å². The Hall–Kier alpha value is -2.29. The van der Waals surface area contributed by atoms with Gasteiger partial charge >= 0.3 is 0 Å². The van der Waals surface area contributed by atoms with E-state index in [9.17, 15) is 4.79 Å². The van der Waals surface area contributed by atoms with Gasteiger partial charge in [-0.05, 0) is 60.2 Å². The van der Waals surface area contributed by atoms with E-state index in [1.54, 1.807) is 0 Å². The van der Waals surface area contributed by atoms with Crippen LogP contribution in [0.5, 0.6) is 0 Å². The Kier molecular flexibility index (Phi) is 4.27. The van der Waals surface area contributed by atoms with Gasteiger partial charge in [-0.15, -0.1) is 0 Å². The maximum Gasteiger partial charge on any atom is 0.255 e. The average Bonchev–Trinajstić information content (AvgIpc) is 2.41. The molecule has 0 aliphatic heterocycles. The van der Waals surface area contributed by atoms with Gasteiger partial charge in [0.05, 0.1) is 0 Å². The summed E-state index contributed by atoms with van der Waals surface area (Å²) in [5.41, 5.74) is 11.2. The zero-order valence-corrected chi connectivity index (χ0v) is 13.9. The number of benzene rings is 2. The molecule has 0 saturated carbocycles. The second kappa shape index (κ2) is 5.84. The van der Waals surface area contributed by atoms with Crippen LogP contribution in [0.25, 0.3) is 0 Å². The van der Waals surface area contributed by atoms with Crippen LogP contribution in [0.15, 0.2) is 36.4 Å². The van der Waals surface area contributed by atoms with Crippen LogP contribution in [0.1, 0.15) is 47.8 Å². The van der Waals surface area contributed by atoms with Gasteiger partial charge in [0.1, 0.15) is 0 Å². The molecule has 3 N–H and O–H groups in total. The molecular formula is C19H24N2O. The fourth-order valence-corrected chi connectivity index (χ4v) is 2.50. The highest BCUT2D eigenvalue weighted by atomic mass is 16.1. The molecule has 1 amide bonds.